The number of rotatable bonds is 5. The number of anilines is 2. The van der Waals surface area contributed by atoms with Crippen LogP contribution in [0.1, 0.15) is 29.6 Å². The third-order valence-electron chi connectivity index (χ3n) is 5.47. The van der Waals surface area contributed by atoms with Crippen molar-refractivity contribution in [2.24, 2.45) is 0 Å². The van der Waals surface area contributed by atoms with Gasteiger partial charge < -0.3 is 15.0 Å². The SMILES string of the molecule is O=C(CN1C(=O)COc2ccc([N+](=O)[O-])cc21)Nc1ccccc1C(=O)N1CCCCC1. The monoisotopic (exact) mass is 438 g/mol. The van der Waals surface area contributed by atoms with Gasteiger partial charge in [0.05, 0.1) is 21.9 Å². The van der Waals surface area contributed by atoms with Gasteiger partial charge in [0.15, 0.2) is 6.61 Å². The van der Waals surface area contributed by atoms with E-state index < -0.39 is 16.7 Å². The minimum atomic E-state index is -0.583. The van der Waals surface area contributed by atoms with Crippen LogP contribution in [0.4, 0.5) is 17.1 Å². The van der Waals surface area contributed by atoms with E-state index in [1.54, 1.807) is 29.2 Å². The predicted octanol–water partition coefficient (Wildman–Crippen LogP) is 2.59. The smallest absolute Gasteiger partial charge is 0.271 e. The number of carbonyl (C=O) groups excluding carboxylic acids is 3. The maximum atomic E-state index is 12.9. The van der Waals surface area contributed by atoms with Crippen LogP contribution in [0, 0.1) is 10.1 Å². The van der Waals surface area contributed by atoms with Crippen molar-refractivity contribution in [2.75, 3.05) is 36.5 Å². The zero-order chi connectivity index (χ0) is 22.7. The van der Waals surface area contributed by atoms with Crippen molar-refractivity contribution in [3.8, 4) is 5.75 Å². The van der Waals surface area contributed by atoms with Crippen LogP contribution in [-0.4, -0.2) is 53.8 Å². The molecule has 2 aliphatic heterocycles. The van der Waals surface area contributed by atoms with Crippen molar-refractivity contribution >= 4 is 34.8 Å². The van der Waals surface area contributed by atoms with Crippen molar-refractivity contribution in [3.05, 3.63) is 58.1 Å². The van der Waals surface area contributed by atoms with Crippen molar-refractivity contribution in [1.82, 2.24) is 4.90 Å². The summed E-state index contributed by atoms with van der Waals surface area (Å²) in [5, 5.41) is 13.8. The number of likely N-dealkylation sites (tertiary alicyclic amines) is 1. The minimum absolute atomic E-state index is 0.149. The molecule has 0 aliphatic carbocycles. The molecule has 1 N–H and O–H groups in total. The van der Waals surface area contributed by atoms with E-state index in [1.807, 2.05) is 0 Å². The Hall–Kier alpha value is -3.95. The van der Waals surface area contributed by atoms with E-state index in [0.29, 0.717) is 24.3 Å². The van der Waals surface area contributed by atoms with Crippen LogP contribution in [0.25, 0.3) is 0 Å². The summed E-state index contributed by atoms with van der Waals surface area (Å²) in [6.07, 6.45) is 2.99. The first-order valence-electron chi connectivity index (χ1n) is 10.3. The lowest BCUT2D eigenvalue weighted by Crippen LogP contribution is -2.43. The molecule has 2 aromatic carbocycles. The van der Waals surface area contributed by atoms with Gasteiger partial charge in [0.2, 0.25) is 5.91 Å². The van der Waals surface area contributed by atoms with Crippen molar-refractivity contribution in [2.45, 2.75) is 19.3 Å². The highest BCUT2D eigenvalue weighted by Crippen LogP contribution is 2.35. The van der Waals surface area contributed by atoms with Crippen LogP contribution >= 0.6 is 0 Å². The lowest BCUT2D eigenvalue weighted by molar-refractivity contribution is -0.384. The lowest BCUT2D eigenvalue weighted by Gasteiger charge is -2.29. The second kappa shape index (κ2) is 9.04. The molecule has 2 heterocycles. The highest BCUT2D eigenvalue weighted by molar-refractivity contribution is 6.08. The number of nitrogens with one attached hydrogen (secondary N) is 1. The summed E-state index contributed by atoms with van der Waals surface area (Å²) in [4.78, 5) is 51.6. The van der Waals surface area contributed by atoms with Gasteiger partial charge >= 0.3 is 0 Å². The average Bonchev–Trinajstić information content (AvgIpc) is 2.81. The molecular formula is C22H22N4O6. The Morgan fingerprint density at radius 3 is 2.59 bits per heavy atom. The number of carbonyl (C=O) groups is 3. The number of nitrogens with zero attached hydrogens (tertiary/aromatic N) is 3. The van der Waals surface area contributed by atoms with Crippen LogP contribution in [0.3, 0.4) is 0 Å². The second-order valence-electron chi connectivity index (χ2n) is 7.62. The third kappa shape index (κ3) is 4.39. The van der Waals surface area contributed by atoms with E-state index in [9.17, 15) is 24.5 Å². The highest BCUT2D eigenvalue weighted by atomic mass is 16.6. The molecule has 0 atom stereocenters. The molecule has 32 heavy (non-hydrogen) atoms. The number of para-hydroxylation sites is 1. The van der Waals surface area contributed by atoms with Crippen molar-refractivity contribution < 1.29 is 24.0 Å². The topological polar surface area (TPSA) is 122 Å². The Morgan fingerprint density at radius 1 is 1.09 bits per heavy atom. The molecule has 10 nitrogen and oxygen atoms in total. The Kier molecular flexibility index (Phi) is 6.02. The van der Waals surface area contributed by atoms with Gasteiger partial charge in [-0.25, -0.2) is 0 Å². The number of piperidine rings is 1. The van der Waals surface area contributed by atoms with Crippen LogP contribution in [0.2, 0.25) is 0 Å². The van der Waals surface area contributed by atoms with Crippen LogP contribution < -0.4 is 15.0 Å². The second-order valence-corrected chi connectivity index (χ2v) is 7.62. The fraction of sp³-hybridized carbons (Fsp3) is 0.318. The summed E-state index contributed by atoms with van der Waals surface area (Å²) >= 11 is 0. The van der Waals surface area contributed by atoms with Gasteiger partial charge in [-0.2, -0.15) is 0 Å². The van der Waals surface area contributed by atoms with Crippen LogP contribution in [0.5, 0.6) is 5.75 Å². The first-order valence-corrected chi connectivity index (χ1v) is 10.3. The normalized spacial score (nSPS) is 15.6. The molecule has 0 saturated carbocycles. The van der Waals surface area contributed by atoms with E-state index in [-0.39, 0.29) is 36.2 Å². The van der Waals surface area contributed by atoms with Crippen LogP contribution in [-0.2, 0) is 9.59 Å². The quantitative estimate of drug-likeness (QED) is 0.566. The van der Waals surface area contributed by atoms with Gasteiger partial charge in [-0.3, -0.25) is 29.4 Å². The molecule has 166 valence electrons. The molecule has 2 aromatic rings. The number of ether oxygens (including phenoxy) is 1. The molecule has 1 saturated heterocycles. The predicted molar refractivity (Wildman–Crippen MR) is 116 cm³/mol. The molecule has 2 aliphatic rings. The summed E-state index contributed by atoms with van der Waals surface area (Å²) in [6, 6.07) is 10.6. The fourth-order valence-electron chi connectivity index (χ4n) is 3.86. The Labute approximate surface area is 183 Å². The number of fused-ring (bicyclic) bond motifs is 1. The van der Waals surface area contributed by atoms with Gasteiger partial charge in [0.25, 0.3) is 17.5 Å². The minimum Gasteiger partial charge on any atom is -0.482 e. The average molecular weight is 438 g/mol. The largest absolute Gasteiger partial charge is 0.482 e. The van der Waals surface area contributed by atoms with E-state index in [4.69, 9.17) is 4.74 Å². The molecule has 0 radical (unpaired) electrons. The maximum Gasteiger partial charge on any atom is 0.271 e. The summed E-state index contributed by atoms with van der Waals surface area (Å²) in [7, 11) is 0. The summed E-state index contributed by atoms with van der Waals surface area (Å²) in [5.74, 6) is -0.893. The first kappa shape index (κ1) is 21.3. The Morgan fingerprint density at radius 2 is 1.84 bits per heavy atom. The molecule has 0 unspecified atom stereocenters. The van der Waals surface area contributed by atoms with Crippen LogP contribution in [0.15, 0.2) is 42.5 Å². The van der Waals surface area contributed by atoms with E-state index >= 15 is 0 Å². The van der Waals surface area contributed by atoms with Crippen molar-refractivity contribution in [3.63, 3.8) is 0 Å². The van der Waals surface area contributed by atoms with Gasteiger partial charge in [0, 0.05) is 25.2 Å². The number of benzene rings is 2. The number of hydrogen-bond donors (Lipinski definition) is 1. The van der Waals surface area contributed by atoms with Gasteiger partial charge in [-0.05, 0) is 37.5 Å². The number of hydrogen-bond acceptors (Lipinski definition) is 6. The summed E-state index contributed by atoms with van der Waals surface area (Å²) in [6.45, 7) is 0.711. The molecule has 10 heteroatoms. The van der Waals surface area contributed by atoms with Crippen molar-refractivity contribution in [1.29, 1.82) is 0 Å². The summed E-state index contributed by atoms with van der Waals surface area (Å²) < 4.78 is 5.32. The number of amides is 3. The first-order chi connectivity index (χ1) is 15.4. The number of nitro groups is 1. The highest BCUT2D eigenvalue weighted by Gasteiger charge is 2.30. The fourth-order valence-corrected chi connectivity index (χ4v) is 3.86. The molecule has 3 amide bonds. The zero-order valence-corrected chi connectivity index (χ0v) is 17.3. The van der Waals surface area contributed by atoms with E-state index in [1.165, 1.54) is 18.2 Å². The Balaban J connectivity index is 1.53. The Bertz CT molecular complexity index is 1080. The molecule has 1 fully saturated rings. The zero-order valence-electron chi connectivity index (χ0n) is 17.3. The summed E-state index contributed by atoms with van der Waals surface area (Å²) in [5.41, 5.74) is 0.674. The number of non-ortho nitro benzene ring substituents is 1. The van der Waals surface area contributed by atoms with Gasteiger partial charge in [-0.15, -0.1) is 0 Å². The van der Waals surface area contributed by atoms with E-state index in [2.05, 4.69) is 5.32 Å². The van der Waals surface area contributed by atoms with E-state index in [0.717, 1.165) is 24.2 Å². The number of nitro benzene ring substituents is 1. The lowest BCUT2D eigenvalue weighted by atomic mass is 10.1. The molecule has 0 spiro atoms. The third-order valence-corrected chi connectivity index (χ3v) is 5.47. The molecule has 0 bridgehead atoms. The van der Waals surface area contributed by atoms with Gasteiger partial charge in [0.1, 0.15) is 12.3 Å². The standard InChI is InChI=1S/C22H22N4O6/c27-20(13-25-18-12-15(26(30)31)8-9-19(18)32-14-21(25)28)23-17-7-3-2-6-16(17)22(29)24-10-4-1-5-11-24/h2-3,6-9,12H,1,4-5,10-11,13-14H2,(H,23,27). The maximum absolute atomic E-state index is 12.9. The molecule has 4 rings (SSSR count). The van der Waals surface area contributed by atoms with Gasteiger partial charge in [-0.1, -0.05) is 12.1 Å². The molecular weight excluding hydrogens is 416 g/mol. The molecule has 0 aromatic heterocycles.